The van der Waals surface area contributed by atoms with E-state index >= 15 is 0 Å². The van der Waals surface area contributed by atoms with E-state index in [1.807, 2.05) is 0 Å². The van der Waals surface area contributed by atoms with Crippen molar-refractivity contribution in [3.63, 3.8) is 0 Å². The maximum Gasteiger partial charge on any atom is 0.108 e. The summed E-state index contributed by atoms with van der Waals surface area (Å²) in [4.78, 5) is 2.55. The molecule has 0 amide bonds. The van der Waals surface area contributed by atoms with Crippen LogP contribution in [0.1, 0.15) is 60.8 Å². The topological polar surface area (TPSA) is 48.3 Å². The van der Waals surface area contributed by atoms with Gasteiger partial charge in [0.25, 0.3) is 0 Å². The van der Waals surface area contributed by atoms with Gasteiger partial charge in [-0.1, -0.05) is 0 Å². The fourth-order valence-electron chi connectivity index (χ4n) is 4.25. The lowest BCUT2D eigenvalue weighted by molar-refractivity contribution is -0.187. The van der Waals surface area contributed by atoms with Crippen LogP contribution in [-0.2, 0) is 4.74 Å². The summed E-state index contributed by atoms with van der Waals surface area (Å²) in [5.41, 5.74) is -0.582. The fourth-order valence-corrected chi connectivity index (χ4v) is 4.25. The van der Waals surface area contributed by atoms with Crippen molar-refractivity contribution in [2.24, 2.45) is 0 Å². The van der Waals surface area contributed by atoms with Gasteiger partial charge in [0.2, 0.25) is 0 Å². The van der Waals surface area contributed by atoms with E-state index in [-0.39, 0.29) is 16.7 Å². The maximum absolute atomic E-state index is 9.63. The molecule has 0 spiro atoms. The third-order valence-corrected chi connectivity index (χ3v) is 4.50. The van der Waals surface area contributed by atoms with Crippen LogP contribution in [0.25, 0.3) is 0 Å². The van der Waals surface area contributed by atoms with Gasteiger partial charge in [0.15, 0.2) is 0 Å². The molecule has 0 bridgehead atoms. The van der Waals surface area contributed by atoms with Crippen LogP contribution >= 0.6 is 0 Å². The summed E-state index contributed by atoms with van der Waals surface area (Å²) >= 11 is 0. The van der Waals surface area contributed by atoms with Crippen molar-refractivity contribution in [3.8, 4) is 6.07 Å². The fraction of sp³-hybridized carbons (Fsp3) is 0.941. The highest BCUT2D eigenvalue weighted by molar-refractivity contribution is 5.14. The summed E-state index contributed by atoms with van der Waals surface area (Å²) in [7, 11) is 0. The van der Waals surface area contributed by atoms with E-state index in [2.05, 4.69) is 57.8 Å². The molecule has 120 valence electrons. The smallest absolute Gasteiger partial charge is 0.108 e. The molecule has 2 fully saturated rings. The van der Waals surface area contributed by atoms with E-state index in [0.29, 0.717) is 12.1 Å². The summed E-state index contributed by atoms with van der Waals surface area (Å²) in [6, 6.07) is 3.38. The average Bonchev–Trinajstić information content (AvgIpc) is 2.69. The van der Waals surface area contributed by atoms with Crippen LogP contribution in [0.5, 0.6) is 0 Å². The molecule has 0 aromatic heterocycles. The van der Waals surface area contributed by atoms with E-state index in [1.54, 1.807) is 0 Å². The molecule has 2 aliphatic rings. The van der Waals surface area contributed by atoms with Gasteiger partial charge in [-0.05, 0) is 60.8 Å². The van der Waals surface area contributed by atoms with Crippen LogP contribution in [0.4, 0.5) is 0 Å². The summed E-state index contributed by atoms with van der Waals surface area (Å²) in [6.45, 7) is 14.8. The number of hydrogen-bond acceptors (Lipinski definition) is 4. The van der Waals surface area contributed by atoms with Gasteiger partial charge in [0, 0.05) is 25.2 Å². The lowest BCUT2D eigenvalue weighted by Crippen LogP contribution is -2.59. The minimum Gasteiger partial charge on any atom is -0.367 e. The van der Waals surface area contributed by atoms with Crippen molar-refractivity contribution in [2.45, 2.75) is 89.6 Å². The third-order valence-electron chi connectivity index (χ3n) is 4.50. The van der Waals surface area contributed by atoms with Crippen molar-refractivity contribution in [1.29, 1.82) is 5.26 Å². The van der Waals surface area contributed by atoms with Crippen LogP contribution in [0, 0.1) is 11.3 Å². The lowest BCUT2D eigenvalue weighted by atomic mass is 9.95. The highest BCUT2D eigenvalue weighted by atomic mass is 16.5. The van der Waals surface area contributed by atoms with E-state index in [4.69, 9.17) is 4.74 Å². The van der Waals surface area contributed by atoms with Gasteiger partial charge in [-0.15, -0.1) is 0 Å². The zero-order valence-corrected chi connectivity index (χ0v) is 14.5. The molecule has 0 aromatic rings. The molecule has 1 aliphatic heterocycles. The minimum atomic E-state index is -0.342. The Labute approximate surface area is 129 Å². The van der Waals surface area contributed by atoms with Gasteiger partial charge >= 0.3 is 0 Å². The first kappa shape index (κ1) is 16.7. The SMILES string of the molecule is CC(C)NC1(C#N)CCC(N2CC(C)(C)OC(C)(C)C2)C1. The molecular weight excluding hydrogens is 262 g/mol. The largest absolute Gasteiger partial charge is 0.367 e. The normalized spacial score (nSPS) is 35.8. The second-order valence-corrected chi connectivity index (χ2v) is 8.42. The molecule has 4 nitrogen and oxygen atoms in total. The van der Waals surface area contributed by atoms with Gasteiger partial charge in [0.05, 0.1) is 17.3 Å². The molecule has 1 saturated heterocycles. The first-order chi connectivity index (χ1) is 9.56. The maximum atomic E-state index is 9.63. The van der Waals surface area contributed by atoms with Crippen LogP contribution in [0.15, 0.2) is 0 Å². The molecule has 1 N–H and O–H groups in total. The summed E-state index contributed by atoms with van der Waals surface area (Å²) < 4.78 is 6.17. The Morgan fingerprint density at radius 3 is 2.24 bits per heavy atom. The predicted molar refractivity (Wildman–Crippen MR) is 85.1 cm³/mol. The average molecular weight is 293 g/mol. The van der Waals surface area contributed by atoms with Crippen LogP contribution in [0.2, 0.25) is 0 Å². The quantitative estimate of drug-likeness (QED) is 0.869. The number of ether oxygens (including phenoxy) is 1. The summed E-state index contributed by atoms with van der Waals surface area (Å²) in [6.07, 6.45) is 2.97. The van der Waals surface area contributed by atoms with E-state index in [1.165, 1.54) is 0 Å². The standard InChI is InChI=1S/C17H31N3O/c1-13(2)19-17(10-18)8-7-14(9-17)20-11-15(3,4)21-16(5,6)12-20/h13-14,19H,7-9,11-12H2,1-6H3. The number of morpholine rings is 1. The zero-order valence-electron chi connectivity index (χ0n) is 14.5. The highest BCUT2D eigenvalue weighted by Gasteiger charge is 2.46. The first-order valence-electron chi connectivity index (χ1n) is 8.20. The Kier molecular flexibility index (Phi) is 4.41. The van der Waals surface area contributed by atoms with E-state index in [0.717, 1.165) is 32.4 Å². The van der Waals surface area contributed by atoms with Crippen molar-refractivity contribution < 1.29 is 4.74 Å². The molecule has 1 aliphatic carbocycles. The van der Waals surface area contributed by atoms with Crippen LogP contribution < -0.4 is 5.32 Å². The number of nitrogens with one attached hydrogen (secondary N) is 1. The summed E-state index contributed by atoms with van der Waals surface area (Å²) in [5.74, 6) is 0. The minimum absolute atomic E-state index is 0.120. The molecule has 0 aromatic carbocycles. The van der Waals surface area contributed by atoms with Crippen molar-refractivity contribution in [3.05, 3.63) is 0 Å². The Balaban J connectivity index is 2.08. The number of nitriles is 1. The molecule has 1 heterocycles. The monoisotopic (exact) mass is 293 g/mol. The molecule has 4 heteroatoms. The highest BCUT2D eigenvalue weighted by Crippen LogP contribution is 2.37. The van der Waals surface area contributed by atoms with Crippen molar-refractivity contribution in [1.82, 2.24) is 10.2 Å². The molecule has 2 atom stereocenters. The molecule has 2 unspecified atom stereocenters. The van der Waals surface area contributed by atoms with E-state index < -0.39 is 0 Å². The molecule has 2 rings (SSSR count). The summed E-state index contributed by atoms with van der Waals surface area (Å²) in [5, 5.41) is 13.1. The molecule has 1 saturated carbocycles. The van der Waals surface area contributed by atoms with Crippen LogP contribution in [-0.4, -0.2) is 46.8 Å². The number of nitrogens with zero attached hydrogens (tertiary/aromatic N) is 2. The van der Waals surface area contributed by atoms with Gasteiger partial charge < -0.3 is 4.74 Å². The van der Waals surface area contributed by atoms with E-state index in [9.17, 15) is 5.26 Å². The Morgan fingerprint density at radius 1 is 1.19 bits per heavy atom. The Bertz CT molecular complexity index is 408. The molecular formula is C17H31N3O. The molecule has 0 radical (unpaired) electrons. The van der Waals surface area contributed by atoms with Gasteiger partial charge in [-0.25, -0.2) is 0 Å². The van der Waals surface area contributed by atoms with Crippen molar-refractivity contribution >= 4 is 0 Å². The second-order valence-electron chi connectivity index (χ2n) is 8.42. The molecule has 21 heavy (non-hydrogen) atoms. The first-order valence-corrected chi connectivity index (χ1v) is 8.20. The zero-order chi connectivity index (χ0) is 15.9. The lowest BCUT2D eigenvalue weighted by Gasteiger charge is -2.49. The predicted octanol–water partition coefficient (Wildman–Crippen LogP) is 2.69. The Hall–Kier alpha value is -0.630. The Morgan fingerprint density at radius 2 is 1.76 bits per heavy atom. The van der Waals surface area contributed by atoms with Crippen molar-refractivity contribution in [2.75, 3.05) is 13.1 Å². The third kappa shape index (κ3) is 3.97. The number of rotatable bonds is 3. The van der Waals surface area contributed by atoms with Gasteiger partial charge in [-0.3, -0.25) is 10.2 Å². The van der Waals surface area contributed by atoms with Gasteiger partial charge in [0.1, 0.15) is 5.54 Å². The van der Waals surface area contributed by atoms with Gasteiger partial charge in [-0.2, -0.15) is 5.26 Å². The second kappa shape index (κ2) is 5.53. The number of hydrogen-bond donors (Lipinski definition) is 1. The van der Waals surface area contributed by atoms with Crippen LogP contribution in [0.3, 0.4) is 0 Å².